The smallest absolute Gasteiger partial charge is 0.267 e. The summed E-state index contributed by atoms with van der Waals surface area (Å²) in [5.41, 5.74) is 6.93. The van der Waals surface area contributed by atoms with Gasteiger partial charge in [0.25, 0.3) is 5.91 Å². The van der Waals surface area contributed by atoms with Crippen LogP contribution in [0.25, 0.3) is 0 Å². The molecule has 0 atom stereocenters. The average Bonchev–Trinajstić information content (AvgIpc) is 3.03. The fraction of sp³-hybridized carbons (Fsp3) is 0.385. The Morgan fingerprint density at radius 2 is 2.37 bits per heavy atom. The predicted molar refractivity (Wildman–Crippen MR) is 73.7 cm³/mol. The van der Waals surface area contributed by atoms with Gasteiger partial charge in [0, 0.05) is 38.2 Å². The summed E-state index contributed by atoms with van der Waals surface area (Å²) >= 11 is 0. The number of aromatic nitrogens is 3. The molecule has 2 aromatic rings. The third-order valence-corrected chi connectivity index (χ3v) is 2.93. The van der Waals surface area contributed by atoms with Crippen LogP contribution in [-0.4, -0.2) is 26.6 Å². The van der Waals surface area contributed by atoms with E-state index >= 15 is 0 Å². The van der Waals surface area contributed by atoms with Crippen LogP contribution >= 0.6 is 0 Å². The minimum absolute atomic E-state index is 0.0795. The molecule has 0 saturated heterocycles. The molecule has 1 amide bonds. The van der Waals surface area contributed by atoms with Gasteiger partial charge in [-0.1, -0.05) is 0 Å². The number of carbonyl (C=O) groups excluding carboxylic acids is 1. The first-order chi connectivity index (χ1) is 9.20. The molecule has 0 aliphatic heterocycles. The van der Waals surface area contributed by atoms with Gasteiger partial charge in [0.15, 0.2) is 0 Å². The normalized spacial score (nSPS) is 10.6. The van der Waals surface area contributed by atoms with E-state index in [4.69, 9.17) is 5.73 Å². The molecule has 2 heterocycles. The van der Waals surface area contributed by atoms with Crippen molar-refractivity contribution in [1.29, 1.82) is 0 Å². The lowest BCUT2D eigenvalue weighted by molar-refractivity contribution is 0.0943. The topological polar surface area (TPSA) is 77.9 Å². The molecule has 0 fully saturated rings. The van der Waals surface area contributed by atoms with E-state index in [1.165, 1.54) is 0 Å². The third kappa shape index (κ3) is 3.37. The summed E-state index contributed by atoms with van der Waals surface area (Å²) in [7, 11) is 0. The maximum absolute atomic E-state index is 12.0. The van der Waals surface area contributed by atoms with E-state index in [-0.39, 0.29) is 5.91 Å². The Morgan fingerprint density at radius 1 is 1.53 bits per heavy atom. The average molecular weight is 261 g/mol. The van der Waals surface area contributed by atoms with E-state index in [1.54, 1.807) is 24.8 Å². The van der Waals surface area contributed by atoms with Gasteiger partial charge in [-0.2, -0.15) is 0 Å². The highest BCUT2D eigenvalue weighted by Crippen LogP contribution is 2.10. The number of nitrogen functional groups attached to an aromatic ring is 1. The lowest BCUT2D eigenvalue weighted by atomic mass is 10.3. The molecule has 2 aromatic heterocycles. The van der Waals surface area contributed by atoms with Crippen molar-refractivity contribution in [2.45, 2.75) is 26.4 Å². The molecule has 0 unspecified atom stereocenters. The number of hydrogen-bond donors (Lipinski definition) is 2. The summed E-state index contributed by atoms with van der Waals surface area (Å²) in [6, 6.07) is 1.70. The number of anilines is 1. The number of nitrogens with one attached hydrogen (secondary N) is 1. The van der Waals surface area contributed by atoms with Gasteiger partial charge in [0.1, 0.15) is 5.69 Å². The minimum Gasteiger partial charge on any atom is -0.397 e. The molecule has 0 aromatic carbocycles. The van der Waals surface area contributed by atoms with E-state index in [9.17, 15) is 4.79 Å². The molecule has 0 bridgehead atoms. The highest BCUT2D eigenvalue weighted by Gasteiger charge is 2.11. The van der Waals surface area contributed by atoms with Crippen LogP contribution in [-0.2, 0) is 13.1 Å². The highest BCUT2D eigenvalue weighted by atomic mass is 16.1. The van der Waals surface area contributed by atoms with E-state index < -0.39 is 0 Å². The Labute approximate surface area is 112 Å². The maximum Gasteiger partial charge on any atom is 0.267 e. The summed E-state index contributed by atoms with van der Waals surface area (Å²) in [6.07, 6.45) is 8.07. The molecule has 0 aliphatic carbocycles. The zero-order valence-electron chi connectivity index (χ0n) is 11.0. The van der Waals surface area contributed by atoms with Gasteiger partial charge in [-0.3, -0.25) is 4.79 Å². The number of nitrogens with two attached hydrogens (primary N) is 1. The van der Waals surface area contributed by atoms with Crippen molar-refractivity contribution in [2.24, 2.45) is 0 Å². The molecular weight excluding hydrogens is 242 g/mol. The quantitative estimate of drug-likeness (QED) is 0.764. The lowest BCUT2D eigenvalue weighted by Crippen LogP contribution is -2.27. The zero-order valence-corrected chi connectivity index (χ0v) is 11.0. The SMILES string of the molecule is CCn1cc(N)cc1C(=O)NCCCn1ccnc1. The second kappa shape index (κ2) is 6.08. The van der Waals surface area contributed by atoms with Crippen molar-refractivity contribution in [3.05, 3.63) is 36.7 Å². The predicted octanol–water partition coefficient (Wildman–Crippen LogP) is 1.11. The van der Waals surface area contributed by atoms with Crippen LogP contribution in [0.3, 0.4) is 0 Å². The van der Waals surface area contributed by atoms with Gasteiger partial charge >= 0.3 is 0 Å². The summed E-state index contributed by atoms with van der Waals surface area (Å²) in [5.74, 6) is -0.0795. The number of carbonyl (C=O) groups is 1. The molecule has 0 saturated carbocycles. The Kier molecular flexibility index (Phi) is 4.22. The molecule has 0 aliphatic rings. The van der Waals surface area contributed by atoms with E-state index in [0.29, 0.717) is 17.9 Å². The van der Waals surface area contributed by atoms with Crippen molar-refractivity contribution in [2.75, 3.05) is 12.3 Å². The van der Waals surface area contributed by atoms with Crippen LogP contribution in [0.4, 0.5) is 5.69 Å². The Morgan fingerprint density at radius 3 is 3.05 bits per heavy atom. The monoisotopic (exact) mass is 261 g/mol. The second-order valence-electron chi connectivity index (χ2n) is 4.35. The van der Waals surface area contributed by atoms with Crippen LogP contribution in [0.5, 0.6) is 0 Å². The molecule has 0 spiro atoms. The first kappa shape index (κ1) is 13.2. The Bertz CT molecular complexity index is 529. The van der Waals surface area contributed by atoms with E-state index in [0.717, 1.165) is 19.5 Å². The van der Waals surface area contributed by atoms with Crippen LogP contribution in [0.1, 0.15) is 23.8 Å². The summed E-state index contributed by atoms with van der Waals surface area (Å²) in [4.78, 5) is 16.0. The van der Waals surface area contributed by atoms with Gasteiger partial charge in [0.05, 0.1) is 12.0 Å². The van der Waals surface area contributed by atoms with Crippen molar-refractivity contribution >= 4 is 11.6 Å². The number of amides is 1. The number of aryl methyl sites for hydroxylation is 2. The molecule has 2 rings (SSSR count). The van der Waals surface area contributed by atoms with Crippen LogP contribution in [0, 0.1) is 0 Å². The number of hydrogen-bond acceptors (Lipinski definition) is 3. The van der Waals surface area contributed by atoms with Crippen LogP contribution < -0.4 is 11.1 Å². The molecule has 6 heteroatoms. The third-order valence-electron chi connectivity index (χ3n) is 2.93. The molecule has 19 heavy (non-hydrogen) atoms. The number of rotatable bonds is 6. The Hall–Kier alpha value is -2.24. The summed E-state index contributed by atoms with van der Waals surface area (Å²) < 4.78 is 3.83. The first-order valence-corrected chi connectivity index (χ1v) is 6.40. The second-order valence-corrected chi connectivity index (χ2v) is 4.35. The van der Waals surface area contributed by atoms with Gasteiger partial charge < -0.3 is 20.2 Å². The molecule has 3 N–H and O–H groups in total. The van der Waals surface area contributed by atoms with E-state index in [1.807, 2.05) is 22.3 Å². The van der Waals surface area contributed by atoms with Crippen molar-refractivity contribution < 1.29 is 4.79 Å². The minimum atomic E-state index is -0.0795. The number of nitrogens with zero attached hydrogens (tertiary/aromatic N) is 3. The van der Waals surface area contributed by atoms with Gasteiger partial charge in [0.2, 0.25) is 0 Å². The number of imidazole rings is 1. The van der Waals surface area contributed by atoms with Gasteiger partial charge in [-0.25, -0.2) is 4.98 Å². The molecular formula is C13H19N5O. The lowest BCUT2D eigenvalue weighted by Gasteiger charge is -2.07. The molecule has 0 radical (unpaired) electrons. The van der Waals surface area contributed by atoms with Crippen LogP contribution in [0.15, 0.2) is 31.0 Å². The largest absolute Gasteiger partial charge is 0.397 e. The fourth-order valence-electron chi connectivity index (χ4n) is 1.96. The van der Waals surface area contributed by atoms with Crippen molar-refractivity contribution in [3.63, 3.8) is 0 Å². The van der Waals surface area contributed by atoms with Crippen molar-refractivity contribution in [1.82, 2.24) is 19.4 Å². The highest BCUT2D eigenvalue weighted by molar-refractivity contribution is 5.93. The van der Waals surface area contributed by atoms with Gasteiger partial charge in [-0.15, -0.1) is 0 Å². The Balaban J connectivity index is 1.80. The summed E-state index contributed by atoms with van der Waals surface area (Å²) in [6.45, 7) is 4.19. The fourth-order valence-corrected chi connectivity index (χ4v) is 1.96. The summed E-state index contributed by atoms with van der Waals surface area (Å²) in [5, 5.41) is 2.90. The van der Waals surface area contributed by atoms with Crippen molar-refractivity contribution in [3.8, 4) is 0 Å². The van der Waals surface area contributed by atoms with E-state index in [2.05, 4.69) is 10.3 Å². The maximum atomic E-state index is 12.0. The molecule has 102 valence electrons. The molecule has 6 nitrogen and oxygen atoms in total. The van der Waals surface area contributed by atoms with Crippen LogP contribution in [0.2, 0.25) is 0 Å². The van der Waals surface area contributed by atoms with Gasteiger partial charge in [-0.05, 0) is 19.4 Å². The standard InChI is InChI=1S/C13H19N5O/c1-2-18-9-11(14)8-12(18)13(19)16-4-3-6-17-7-5-15-10-17/h5,7-10H,2-4,6,14H2,1H3,(H,16,19). The zero-order chi connectivity index (χ0) is 13.7. The first-order valence-electron chi connectivity index (χ1n) is 6.40.